The van der Waals surface area contributed by atoms with Crippen LogP contribution in [0.4, 0.5) is 13.2 Å². The summed E-state index contributed by atoms with van der Waals surface area (Å²) >= 11 is 0. The summed E-state index contributed by atoms with van der Waals surface area (Å²) in [6.07, 6.45) is -0.299. The highest BCUT2D eigenvalue weighted by Crippen LogP contribution is 2.37. The monoisotopic (exact) mass is 371 g/mol. The molecule has 2 rings (SSSR count). The van der Waals surface area contributed by atoms with Crippen LogP contribution in [-0.2, 0) is 11.2 Å². The average Bonchev–Trinajstić information content (AvgIpc) is 2.60. The van der Waals surface area contributed by atoms with Crippen LogP contribution < -0.4 is 14.8 Å². The Labute approximate surface area is 151 Å². The van der Waals surface area contributed by atoms with Gasteiger partial charge in [0.15, 0.2) is 18.1 Å². The summed E-state index contributed by atoms with van der Waals surface area (Å²) < 4.78 is 49.9. The van der Waals surface area contributed by atoms with Crippen LogP contribution in [0.25, 0.3) is 0 Å². The van der Waals surface area contributed by atoms with E-state index in [1.54, 1.807) is 18.2 Å². The van der Waals surface area contributed by atoms with Crippen molar-refractivity contribution in [2.75, 3.05) is 13.7 Å². The van der Waals surface area contributed by atoms with Gasteiger partial charge in [-0.3, -0.25) is 4.79 Å². The topological polar surface area (TPSA) is 47.6 Å². The zero-order valence-corrected chi connectivity index (χ0v) is 14.8. The van der Waals surface area contributed by atoms with Crippen LogP contribution in [0, 0.1) is 5.92 Å². The van der Waals surface area contributed by atoms with Crippen molar-refractivity contribution in [2.45, 2.75) is 44.3 Å². The molecule has 0 radical (unpaired) electrons. The molecule has 26 heavy (non-hydrogen) atoms. The molecule has 1 aromatic rings. The summed E-state index contributed by atoms with van der Waals surface area (Å²) in [5, 5.41) is 2.48. The fourth-order valence-electron chi connectivity index (χ4n) is 3.21. The minimum Gasteiger partial charge on any atom is -0.493 e. The Morgan fingerprint density at radius 1 is 1.31 bits per heavy atom. The Hall–Kier alpha value is -2.18. The van der Waals surface area contributed by atoms with Gasteiger partial charge in [-0.15, -0.1) is 6.58 Å². The number of rotatable bonds is 7. The van der Waals surface area contributed by atoms with Gasteiger partial charge in [-0.25, -0.2) is 0 Å². The lowest BCUT2D eigenvalue weighted by molar-refractivity contribution is -0.189. The first-order valence-corrected chi connectivity index (χ1v) is 8.62. The van der Waals surface area contributed by atoms with Gasteiger partial charge in [0.05, 0.1) is 13.0 Å². The summed E-state index contributed by atoms with van der Waals surface area (Å²) in [6, 6.07) is 4.37. The summed E-state index contributed by atoms with van der Waals surface area (Å²) in [5.74, 6) is -1.23. The normalized spacial score (nSPS) is 20.3. The summed E-state index contributed by atoms with van der Waals surface area (Å²) in [4.78, 5) is 12.1. The molecule has 0 saturated heterocycles. The highest BCUT2D eigenvalue weighted by Gasteiger charge is 2.45. The van der Waals surface area contributed by atoms with Gasteiger partial charge in [0.1, 0.15) is 0 Å². The molecule has 4 nitrogen and oxygen atoms in total. The number of carbonyl (C=O) groups is 1. The number of methoxy groups -OCH3 is 1. The Morgan fingerprint density at radius 3 is 2.69 bits per heavy atom. The number of nitrogens with one attached hydrogen (secondary N) is 1. The van der Waals surface area contributed by atoms with Crippen LogP contribution in [0.15, 0.2) is 30.9 Å². The van der Waals surface area contributed by atoms with E-state index in [1.165, 1.54) is 7.11 Å². The van der Waals surface area contributed by atoms with Crippen molar-refractivity contribution in [3.8, 4) is 11.5 Å². The maximum absolute atomic E-state index is 13.1. The van der Waals surface area contributed by atoms with Crippen LogP contribution in [0.5, 0.6) is 11.5 Å². The van der Waals surface area contributed by atoms with E-state index >= 15 is 0 Å². The van der Waals surface area contributed by atoms with E-state index in [9.17, 15) is 18.0 Å². The second-order valence-corrected chi connectivity index (χ2v) is 6.37. The van der Waals surface area contributed by atoms with Crippen LogP contribution in [0.2, 0.25) is 0 Å². The highest BCUT2D eigenvalue weighted by atomic mass is 19.4. The highest BCUT2D eigenvalue weighted by molar-refractivity contribution is 5.78. The first kappa shape index (κ1) is 20.1. The van der Waals surface area contributed by atoms with Crippen LogP contribution in [0.1, 0.15) is 31.2 Å². The molecule has 0 spiro atoms. The summed E-state index contributed by atoms with van der Waals surface area (Å²) in [6.45, 7) is 3.30. The molecule has 1 fully saturated rings. The van der Waals surface area contributed by atoms with E-state index < -0.39 is 24.0 Å². The molecule has 0 heterocycles. The van der Waals surface area contributed by atoms with E-state index in [-0.39, 0.29) is 13.0 Å². The molecule has 0 aromatic heterocycles. The lowest BCUT2D eigenvalue weighted by Crippen LogP contribution is -2.48. The van der Waals surface area contributed by atoms with Gasteiger partial charge in [0, 0.05) is 6.04 Å². The molecule has 144 valence electrons. The summed E-state index contributed by atoms with van der Waals surface area (Å²) in [7, 11) is 1.48. The Bertz CT molecular complexity index is 631. The van der Waals surface area contributed by atoms with Crippen molar-refractivity contribution in [1.29, 1.82) is 0 Å². The largest absolute Gasteiger partial charge is 0.493 e. The molecule has 1 N–H and O–H groups in total. The second-order valence-electron chi connectivity index (χ2n) is 6.37. The van der Waals surface area contributed by atoms with Crippen LogP contribution in [0.3, 0.4) is 0 Å². The van der Waals surface area contributed by atoms with E-state index in [1.807, 2.05) is 6.07 Å². The zero-order valence-electron chi connectivity index (χ0n) is 14.8. The Kier molecular flexibility index (Phi) is 6.94. The fourth-order valence-corrected chi connectivity index (χ4v) is 3.21. The van der Waals surface area contributed by atoms with Crippen molar-refractivity contribution in [3.05, 3.63) is 36.4 Å². The van der Waals surface area contributed by atoms with E-state index in [0.717, 1.165) is 5.56 Å². The molecule has 1 amide bonds. The smallest absolute Gasteiger partial charge is 0.393 e. The molecular weight excluding hydrogens is 347 g/mol. The number of hydrogen-bond donors (Lipinski definition) is 1. The number of alkyl halides is 3. The predicted octanol–water partition coefficient (Wildman–Crippen LogP) is 4.04. The molecule has 1 aromatic carbocycles. The van der Waals surface area contributed by atoms with Gasteiger partial charge in [0.25, 0.3) is 5.91 Å². The van der Waals surface area contributed by atoms with Gasteiger partial charge in [-0.2, -0.15) is 13.2 Å². The third kappa shape index (κ3) is 5.41. The number of amides is 1. The zero-order chi connectivity index (χ0) is 19.2. The molecule has 1 aliphatic carbocycles. The Morgan fingerprint density at radius 2 is 2.04 bits per heavy atom. The molecule has 0 bridgehead atoms. The molecule has 1 saturated carbocycles. The number of benzene rings is 1. The standard InChI is InChI=1S/C19H24F3NO3/c1-3-6-13-9-10-16(17(11-13)25-2)26-12-18(24)23-15-8-5-4-7-14(15)19(20,21)22/h3,9-11,14-15H,1,4-8,12H2,2H3,(H,23,24). The maximum atomic E-state index is 13.1. The molecule has 0 aliphatic heterocycles. The third-order valence-corrected chi connectivity index (χ3v) is 4.50. The number of carbonyl (C=O) groups excluding carboxylic acids is 1. The number of allylic oxidation sites excluding steroid dienone is 1. The van der Waals surface area contributed by atoms with Crippen molar-refractivity contribution in [1.82, 2.24) is 5.32 Å². The minimum atomic E-state index is -4.30. The van der Waals surface area contributed by atoms with Gasteiger partial charge in [-0.05, 0) is 37.0 Å². The average molecular weight is 371 g/mol. The van der Waals surface area contributed by atoms with E-state index in [2.05, 4.69) is 11.9 Å². The number of hydrogen-bond acceptors (Lipinski definition) is 3. The molecule has 1 aliphatic rings. The second kappa shape index (κ2) is 8.96. The van der Waals surface area contributed by atoms with Crippen molar-refractivity contribution in [3.63, 3.8) is 0 Å². The van der Waals surface area contributed by atoms with Gasteiger partial charge in [-0.1, -0.05) is 25.0 Å². The van der Waals surface area contributed by atoms with Crippen molar-refractivity contribution in [2.24, 2.45) is 5.92 Å². The third-order valence-electron chi connectivity index (χ3n) is 4.50. The molecule has 7 heteroatoms. The molecular formula is C19H24F3NO3. The van der Waals surface area contributed by atoms with Gasteiger partial charge < -0.3 is 14.8 Å². The number of ether oxygens (including phenoxy) is 2. The van der Waals surface area contributed by atoms with Crippen molar-refractivity contribution >= 4 is 5.91 Å². The number of halogens is 3. The SMILES string of the molecule is C=CCc1ccc(OCC(=O)NC2CCCCC2C(F)(F)F)c(OC)c1. The predicted molar refractivity (Wildman–Crippen MR) is 92.3 cm³/mol. The lowest BCUT2D eigenvalue weighted by Gasteiger charge is -2.33. The van der Waals surface area contributed by atoms with Crippen LogP contribution >= 0.6 is 0 Å². The minimum absolute atomic E-state index is 0.0495. The summed E-state index contributed by atoms with van der Waals surface area (Å²) in [5.41, 5.74) is 0.976. The first-order chi connectivity index (χ1) is 12.3. The first-order valence-electron chi connectivity index (χ1n) is 8.62. The molecule has 2 atom stereocenters. The van der Waals surface area contributed by atoms with E-state index in [4.69, 9.17) is 9.47 Å². The van der Waals surface area contributed by atoms with Crippen LogP contribution in [-0.4, -0.2) is 31.8 Å². The van der Waals surface area contributed by atoms with Crippen molar-refractivity contribution < 1.29 is 27.4 Å². The van der Waals surface area contributed by atoms with E-state index in [0.29, 0.717) is 37.2 Å². The molecule has 2 unspecified atom stereocenters. The quantitative estimate of drug-likeness (QED) is 0.736. The van der Waals surface area contributed by atoms with Gasteiger partial charge in [0.2, 0.25) is 0 Å². The fraction of sp³-hybridized carbons (Fsp3) is 0.526. The lowest BCUT2D eigenvalue weighted by atomic mass is 9.84. The van der Waals surface area contributed by atoms with Gasteiger partial charge >= 0.3 is 6.18 Å². The maximum Gasteiger partial charge on any atom is 0.393 e. The Balaban J connectivity index is 1.94.